The maximum atomic E-state index is 13.0. The third-order valence-corrected chi connectivity index (χ3v) is 5.97. The number of nitrogens with zero attached hydrogens (tertiary/aromatic N) is 3. The number of carbonyl (C=O) groups excluding carboxylic acids is 2. The van der Waals surface area contributed by atoms with Gasteiger partial charge in [0.1, 0.15) is 5.69 Å². The lowest BCUT2D eigenvalue weighted by atomic mass is 9.78. The summed E-state index contributed by atoms with van der Waals surface area (Å²) in [7, 11) is 0. The van der Waals surface area contributed by atoms with E-state index in [9.17, 15) is 9.59 Å². The van der Waals surface area contributed by atoms with Crippen LogP contribution in [0.25, 0.3) is 0 Å². The molecule has 1 aromatic rings. The Kier molecular flexibility index (Phi) is 3.70. The fraction of sp³-hybridized carbons (Fsp3) is 0.684. The zero-order valence-electron chi connectivity index (χ0n) is 14.7. The summed E-state index contributed by atoms with van der Waals surface area (Å²) in [5.41, 5.74) is 0.452. The van der Waals surface area contributed by atoms with Crippen molar-refractivity contribution in [3.63, 3.8) is 0 Å². The van der Waals surface area contributed by atoms with Crippen molar-refractivity contribution in [3.8, 4) is 0 Å². The number of amides is 2. The van der Waals surface area contributed by atoms with Crippen molar-refractivity contribution >= 4 is 11.8 Å². The Labute approximate surface area is 143 Å². The standard InChI is InChI=1S/C19H27N3O2/c1-14(2)21-11-4-8-19(18(21)24)9-12-20(13-19)17(23)16-5-3-10-22(16)15-6-7-15/h3,5,10,14-15H,4,6-9,11-13H2,1-2H3/t19-/m0/s1. The number of rotatable bonds is 3. The van der Waals surface area contributed by atoms with Crippen LogP contribution in [-0.2, 0) is 4.79 Å². The van der Waals surface area contributed by atoms with E-state index in [-0.39, 0.29) is 23.3 Å². The molecule has 1 aromatic heterocycles. The molecule has 2 amide bonds. The first-order chi connectivity index (χ1) is 11.5. The van der Waals surface area contributed by atoms with Crippen LogP contribution in [-0.4, -0.2) is 51.9 Å². The molecule has 0 unspecified atom stereocenters. The Morgan fingerprint density at radius 1 is 1.25 bits per heavy atom. The largest absolute Gasteiger partial charge is 0.340 e. The molecule has 1 aliphatic carbocycles. The van der Waals surface area contributed by atoms with Gasteiger partial charge in [0, 0.05) is 37.9 Å². The third-order valence-electron chi connectivity index (χ3n) is 5.97. The van der Waals surface area contributed by atoms with Crippen molar-refractivity contribution < 1.29 is 9.59 Å². The molecule has 3 fully saturated rings. The van der Waals surface area contributed by atoms with Crippen LogP contribution in [0.4, 0.5) is 0 Å². The average Bonchev–Trinajstić information content (AvgIpc) is 3.13. The predicted molar refractivity (Wildman–Crippen MR) is 91.7 cm³/mol. The highest BCUT2D eigenvalue weighted by molar-refractivity contribution is 5.94. The molecular formula is C19H27N3O2. The second-order valence-electron chi connectivity index (χ2n) is 7.98. The smallest absolute Gasteiger partial charge is 0.270 e. The molecule has 2 aliphatic heterocycles. The van der Waals surface area contributed by atoms with Crippen LogP contribution < -0.4 is 0 Å². The van der Waals surface area contributed by atoms with Crippen LogP contribution in [0.5, 0.6) is 0 Å². The second kappa shape index (κ2) is 5.64. The van der Waals surface area contributed by atoms with E-state index in [0.29, 0.717) is 19.1 Å². The van der Waals surface area contributed by atoms with E-state index in [1.165, 1.54) is 12.8 Å². The Bertz CT molecular complexity index is 661. The minimum atomic E-state index is -0.338. The summed E-state index contributed by atoms with van der Waals surface area (Å²) in [5.74, 6) is 0.356. The molecule has 0 radical (unpaired) electrons. The van der Waals surface area contributed by atoms with Crippen molar-refractivity contribution in [2.24, 2.45) is 5.41 Å². The zero-order chi connectivity index (χ0) is 16.9. The molecule has 0 aromatic carbocycles. The first-order valence-electron chi connectivity index (χ1n) is 9.29. The lowest BCUT2D eigenvalue weighted by Gasteiger charge is -2.41. The summed E-state index contributed by atoms with van der Waals surface area (Å²) in [6.45, 7) is 6.31. The number of likely N-dealkylation sites (tertiary alicyclic amines) is 2. The molecule has 4 rings (SSSR count). The van der Waals surface area contributed by atoms with Crippen LogP contribution in [0.15, 0.2) is 18.3 Å². The Morgan fingerprint density at radius 3 is 2.75 bits per heavy atom. The van der Waals surface area contributed by atoms with Gasteiger partial charge in [-0.3, -0.25) is 9.59 Å². The molecule has 1 spiro atoms. The monoisotopic (exact) mass is 329 g/mol. The van der Waals surface area contributed by atoms with Crippen LogP contribution in [0, 0.1) is 5.41 Å². The molecule has 0 N–H and O–H groups in total. The number of hydrogen-bond donors (Lipinski definition) is 0. The van der Waals surface area contributed by atoms with E-state index in [2.05, 4.69) is 18.4 Å². The van der Waals surface area contributed by atoms with Gasteiger partial charge in [0.2, 0.25) is 5.91 Å². The summed E-state index contributed by atoms with van der Waals surface area (Å²) in [5, 5.41) is 0. The van der Waals surface area contributed by atoms with E-state index >= 15 is 0 Å². The predicted octanol–water partition coefficient (Wildman–Crippen LogP) is 2.69. The van der Waals surface area contributed by atoms with Gasteiger partial charge in [-0.1, -0.05) is 0 Å². The minimum absolute atomic E-state index is 0.0956. The van der Waals surface area contributed by atoms with E-state index in [1.807, 2.05) is 28.1 Å². The molecule has 5 nitrogen and oxygen atoms in total. The number of carbonyl (C=O) groups is 2. The molecule has 24 heavy (non-hydrogen) atoms. The van der Waals surface area contributed by atoms with Crippen LogP contribution >= 0.6 is 0 Å². The average molecular weight is 329 g/mol. The second-order valence-corrected chi connectivity index (χ2v) is 7.98. The fourth-order valence-corrected chi connectivity index (χ4v) is 4.43. The number of piperidine rings is 1. The van der Waals surface area contributed by atoms with Gasteiger partial charge in [0.15, 0.2) is 0 Å². The molecule has 3 aliphatic rings. The van der Waals surface area contributed by atoms with Crippen molar-refractivity contribution in [1.82, 2.24) is 14.4 Å². The van der Waals surface area contributed by atoms with Crippen molar-refractivity contribution in [2.45, 2.75) is 58.0 Å². The van der Waals surface area contributed by atoms with Gasteiger partial charge in [0.05, 0.1) is 5.41 Å². The van der Waals surface area contributed by atoms with Gasteiger partial charge in [-0.25, -0.2) is 0 Å². The van der Waals surface area contributed by atoms with Crippen molar-refractivity contribution in [2.75, 3.05) is 19.6 Å². The van der Waals surface area contributed by atoms with E-state index in [0.717, 1.165) is 31.5 Å². The summed E-state index contributed by atoms with van der Waals surface area (Å²) in [6.07, 6.45) is 7.13. The maximum Gasteiger partial charge on any atom is 0.270 e. The van der Waals surface area contributed by atoms with Gasteiger partial charge in [-0.05, 0) is 58.1 Å². The quantitative estimate of drug-likeness (QED) is 0.856. The minimum Gasteiger partial charge on any atom is -0.340 e. The van der Waals surface area contributed by atoms with E-state index < -0.39 is 0 Å². The number of aromatic nitrogens is 1. The van der Waals surface area contributed by atoms with Crippen LogP contribution in [0.2, 0.25) is 0 Å². The van der Waals surface area contributed by atoms with Crippen molar-refractivity contribution in [1.29, 1.82) is 0 Å². The van der Waals surface area contributed by atoms with E-state index in [1.54, 1.807) is 0 Å². The van der Waals surface area contributed by atoms with Crippen LogP contribution in [0.3, 0.4) is 0 Å². The van der Waals surface area contributed by atoms with Gasteiger partial charge >= 0.3 is 0 Å². The summed E-state index contributed by atoms with van der Waals surface area (Å²) >= 11 is 0. The first-order valence-corrected chi connectivity index (χ1v) is 9.29. The normalized spacial score (nSPS) is 27.5. The van der Waals surface area contributed by atoms with E-state index in [4.69, 9.17) is 0 Å². The first kappa shape index (κ1) is 15.7. The highest BCUT2D eigenvalue weighted by Gasteiger charge is 2.50. The fourth-order valence-electron chi connectivity index (χ4n) is 4.43. The molecule has 130 valence electrons. The van der Waals surface area contributed by atoms with Gasteiger partial charge < -0.3 is 14.4 Å². The van der Waals surface area contributed by atoms with Gasteiger partial charge in [-0.2, -0.15) is 0 Å². The molecule has 3 heterocycles. The molecule has 0 bridgehead atoms. The summed E-state index contributed by atoms with van der Waals surface area (Å²) < 4.78 is 2.12. The lowest BCUT2D eigenvalue weighted by molar-refractivity contribution is -0.147. The summed E-state index contributed by atoms with van der Waals surface area (Å²) in [4.78, 5) is 29.9. The Balaban J connectivity index is 1.52. The third kappa shape index (κ3) is 2.45. The number of hydrogen-bond acceptors (Lipinski definition) is 2. The zero-order valence-corrected chi connectivity index (χ0v) is 14.7. The van der Waals surface area contributed by atoms with Gasteiger partial charge in [-0.15, -0.1) is 0 Å². The summed E-state index contributed by atoms with van der Waals surface area (Å²) in [6, 6.07) is 4.63. The lowest BCUT2D eigenvalue weighted by Crippen LogP contribution is -2.52. The molecular weight excluding hydrogens is 302 g/mol. The molecule has 5 heteroatoms. The molecule has 1 saturated carbocycles. The van der Waals surface area contributed by atoms with Gasteiger partial charge in [0.25, 0.3) is 5.91 Å². The Morgan fingerprint density at radius 2 is 2.04 bits per heavy atom. The van der Waals surface area contributed by atoms with Crippen LogP contribution in [0.1, 0.15) is 62.5 Å². The maximum absolute atomic E-state index is 13.0. The topological polar surface area (TPSA) is 45.5 Å². The highest BCUT2D eigenvalue weighted by atomic mass is 16.2. The van der Waals surface area contributed by atoms with Crippen molar-refractivity contribution in [3.05, 3.63) is 24.0 Å². The SMILES string of the molecule is CC(C)N1CCC[C@@]2(CCN(C(=O)c3cccn3C3CC3)C2)C1=O. The highest BCUT2D eigenvalue weighted by Crippen LogP contribution is 2.42. The molecule has 2 saturated heterocycles. The molecule has 1 atom stereocenters. The Hall–Kier alpha value is -1.78.